The van der Waals surface area contributed by atoms with Crippen molar-refractivity contribution in [3.05, 3.63) is 51.3 Å². The number of carbonyl (C=O) groups excluding carboxylic acids is 1. The largest absolute Gasteiger partial charge is 0.416 e. The first kappa shape index (κ1) is 21.3. The number of nitrogens with one attached hydrogen (secondary N) is 2. The molecule has 1 atom stereocenters. The van der Waals surface area contributed by atoms with Crippen LogP contribution < -0.4 is 15.8 Å². The third-order valence-corrected chi connectivity index (χ3v) is 5.67. The molecule has 1 amide bonds. The average Bonchev–Trinajstić information content (AvgIpc) is 2.73. The van der Waals surface area contributed by atoms with Crippen molar-refractivity contribution < 1.29 is 23.1 Å². The topological polar surface area (TPSA) is 102 Å². The zero-order valence-corrected chi connectivity index (χ0v) is 16.6. The van der Waals surface area contributed by atoms with Gasteiger partial charge in [0, 0.05) is 45.1 Å². The standard InChI is InChI=1S/C20H22F3N5O3/c21-20(22,23)13-3-1-12(2-4-13)14-11-15(30)24-17-16(14)18(31)26-19(25-17)28-7-5-27(6-8-28)9-10-29/h1-4,14,29H,5-11H2,(H2,24,25,26,30,31). The zero-order chi connectivity index (χ0) is 22.2. The van der Waals surface area contributed by atoms with Gasteiger partial charge in [-0.05, 0) is 17.7 Å². The fourth-order valence-corrected chi connectivity index (χ4v) is 4.02. The van der Waals surface area contributed by atoms with Gasteiger partial charge in [-0.1, -0.05) is 12.1 Å². The van der Waals surface area contributed by atoms with Crippen LogP contribution in [0.1, 0.15) is 29.0 Å². The molecule has 2 aliphatic rings. The van der Waals surface area contributed by atoms with Crippen molar-refractivity contribution in [1.82, 2.24) is 14.9 Å². The maximum Gasteiger partial charge on any atom is 0.416 e. The van der Waals surface area contributed by atoms with Crippen LogP contribution in [0.15, 0.2) is 29.1 Å². The van der Waals surface area contributed by atoms with Gasteiger partial charge in [0.1, 0.15) is 5.82 Å². The number of hydrogen-bond acceptors (Lipinski definition) is 6. The van der Waals surface area contributed by atoms with Gasteiger partial charge in [-0.2, -0.15) is 18.2 Å². The second-order valence-electron chi connectivity index (χ2n) is 7.63. The number of halogens is 3. The summed E-state index contributed by atoms with van der Waals surface area (Å²) in [5.41, 5.74) is -0.536. The first-order chi connectivity index (χ1) is 14.8. The van der Waals surface area contributed by atoms with E-state index in [9.17, 15) is 22.8 Å². The molecule has 0 radical (unpaired) electrons. The van der Waals surface area contributed by atoms with Crippen LogP contribution >= 0.6 is 0 Å². The number of nitrogens with zero attached hydrogens (tertiary/aromatic N) is 3. The molecule has 0 saturated carbocycles. The number of aliphatic hydroxyl groups excluding tert-OH is 1. The van der Waals surface area contributed by atoms with Gasteiger partial charge in [-0.15, -0.1) is 0 Å². The highest BCUT2D eigenvalue weighted by Gasteiger charge is 2.34. The van der Waals surface area contributed by atoms with Crippen LogP contribution in [0, 0.1) is 0 Å². The molecular weight excluding hydrogens is 415 g/mol. The molecular formula is C20H22F3N5O3. The quantitative estimate of drug-likeness (QED) is 0.668. The fourth-order valence-electron chi connectivity index (χ4n) is 4.02. The predicted octanol–water partition coefficient (Wildman–Crippen LogP) is 1.38. The van der Waals surface area contributed by atoms with Crippen molar-refractivity contribution in [2.75, 3.05) is 49.5 Å². The molecule has 1 saturated heterocycles. The Bertz CT molecular complexity index is 1010. The van der Waals surface area contributed by atoms with Gasteiger partial charge in [0.2, 0.25) is 11.9 Å². The number of fused-ring (bicyclic) bond motifs is 1. The van der Waals surface area contributed by atoms with E-state index in [1.165, 1.54) is 12.1 Å². The molecule has 31 heavy (non-hydrogen) atoms. The van der Waals surface area contributed by atoms with E-state index < -0.39 is 23.2 Å². The summed E-state index contributed by atoms with van der Waals surface area (Å²) in [6.45, 7) is 3.23. The highest BCUT2D eigenvalue weighted by Crippen LogP contribution is 2.36. The van der Waals surface area contributed by atoms with Gasteiger partial charge in [0.25, 0.3) is 5.56 Å². The van der Waals surface area contributed by atoms with E-state index in [-0.39, 0.29) is 30.3 Å². The van der Waals surface area contributed by atoms with Crippen molar-refractivity contribution in [3.63, 3.8) is 0 Å². The van der Waals surface area contributed by atoms with Crippen molar-refractivity contribution in [2.45, 2.75) is 18.5 Å². The molecule has 8 nitrogen and oxygen atoms in total. The Morgan fingerprint density at radius 1 is 1.10 bits per heavy atom. The summed E-state index contributed by atoms with van der Waals surface area (Å²) in [6.07, 6.45) is -4.52. The van der Waals surface area contributed by atoms with E-state index in [1.807, 2.05) is 4.90 Å². The molecule has 166 valence electrons. The Morgan fingerprint density at radius 3 is 2.39 bits per heavy atom. The number of H-pyrrole nitrogens is 1. The molecule has 0 aliphatic carbocycles. The lowest BCUT2D eigenvalue weighted by Gasteiger charge is -2.35. The summed E-state index contributed by atoms with van der Waals surface area (Å²) in [4.78, 5) is 36.4. The number of anilines is 2. The summed E-state index contributed by atoms with van der Waals surface area (Å²) in [7, 11) is 0. The molecule has 2 aliphatic heterocycles. The first-order valence-corrected chi connectivity index (χ1v) is 9.95. The molecule has 4 rings (SSSR count). The lowest BCUT2D eigenvalue weighted by atomic mass is 9.86. The number of benzene rings is 1. The number of carbonyl (C=O) groups is 1. The first-order valence-electron chi connectivity index (χ1n) is 9.95. The minimum atomic E-state index is -4.46. The molecule has 2 aromatic rings. The number of amides is 1. The molecule has 1 unspecified atom stereocenters. The number of piperazine rings is 1. The fraction of sp³-hybridized carbons (Fsp3) is 0.450. The number of aromatic amines is 1. The molecule has 1 aromatic carbocycles. The van der Waals surface area contributed by atoms with Crippen molar-refractivity contribution in [3.8, 4) is 0 Å². The maximum absolute atomic E-state index is 12.9. The van der Waals surface area contributed by atoms with Crippen LogP contribution in [0.3, 0.4) is 0 Å². The van der Waals surface area contributed by atoms with E-state index in [2.05, 4.69) is 20.2 Å². The van der Waals surface area contributed by atoms with Crippen molar-refractivity contribution in [1.29, 1.82) is 0 Å². The number of alkyl halides is 3. The molecule has 1 aromatic heterocycles. The van der Waals surface area contributed by atoms with Gasteiger partial charge in [-0.3, -0.25) is 19.5 Å². The molecule has 3 heterocycles. The molecule has 3 N–H and O–H groups in total. The highest BCUT2D eigenvalue weighted by molar-refractivity contribution is 5.94. The normalized spacial score (nSPS) is 19.8. The van der Waals surface area contributed by atoms with E-state index in [0.29, 0.717) is 44.2 Å². The van der Waals surface area contributed by atoms with E-state index in [0.717, 1.165) is 12.1 Å². The van der Waals surface area contributed by atoms with Gasteiger partial charge in [0.15, 0.2) is 0 Å². The minimum Gasteiger partial charge on any atom is -0.395 e. The Morgan fingerprint density at radius 2 is 1.77 bits per heavy atom. The number of rotatable bonds is 4. The number of hydrogen-bond donors (Lipinski definition) is 3. The summed E-state index contributed by atoms with van der Waals surface area (Å²) in [5, 5.41) is 11.7. The Balaban J connectivity index is 1.63. The van der Waals surface area contributed by atoms with E-state index in [1.54, 1.807) is 0 Å². The van der Waals surface area contributed by atoms with E-state index >= 15 is 0 Å². The summed E-state index contributed by atoms with van der Waals surface area (Å²) in [6, 6.07) is 4.49. The summed E-state index contributed by atoms with van der Waals surface area (Å²) < 4.78 is 38.6. The van der Waals surface area contributed by atoms with Crippen LogP contribution in [-0.4, -0.2) is 65.2 Å². The molecule has 0 spiro atoms. The van der Waals surface area contributed by atoms with Gasteiger partial charge >= 0.3 is 6.18 Å². The zero-order valence-electron chi connectivity index (χ0n) is 16.6. The maximum atomic E-state index is 12.9. The second kappa shape index (κ2) is 8.31. The third kappa shape index (κ3) is 4.42. The summed E-state index contributed by atoms with van der Waals surface area (Å²) in [5.74, 6) is -0.564. The van der Waals surface area contributed by atoms with Crippen LogP contribution in [0.25, 0.3) is 0 Å². The van der Waals surface area contributed by atoms with E-state index in [4.69, 9.17) is 5.11 Å². The lowest BCUT2D eigenvalue weighted by Crippen LogP contribution is -2.48. The monoisotopic (exact) mass is 437 g/mol. The SMILES string of the molecule is O=C1CC(c2ccc(C(F)(F)F)cc2)c2c(nc(N3CCN(CCO)CC3)[nH]c2=O)N1. The Labute approximate surface area is 175 Å². The summed E-state index contributed by atoms with van der Waals surface area (Å²) >= 11 is 0. The van der Waals surface area contributed by atoms with Crippen molar-refractivity contribution in [2.24, 2.45) is 0 Å². The number of aromatic nitrogens is 2. The smallest absolute Gasteiger partial charge is 0.395 e. The van der Waals surface area contributed by atoms with Crippen LogP contribution in [0.2, 0.25) is 0 Å². The van der Waals surface area contributed by atoms with Crippen LogP contribution in [0.4, 0.5) is 24.9 Å². The van der Waals surface area contributed by atoms with Crippen molar-refractivity contribution >= 4 is 17.7 Å². The molecule has 1 fully saturated rings. The third-order valence-electron chi connectivity index (χ3n) is 5.67. The second-order valence-corrected chi connectivity index (χ2v) is 7.63. The number of aliphatic hydroxyl groups is 1. The van der Waals surface area contributed by atoms with Gasteiger partial charge in [0.05, 0.1) is 17.7 Å². The highest BCUT2D eigenvalue weighted by atomic mass is 19.4. The van der Waals surface area contributed by atoms with Crippen LogP contribution in [-0.2, 0) is 11.0 Å². The van der Waals surface area contributed by atoms with Gasteiger partial charge in [-0.25, -0.2) is 0 Å². The van der Waals surface area contributed by atoms with Crippen LogP contribution in [0.5, 0.6) is 0 Å². The predicted molar refractivity (Wildman–Crippen MR) is 107 cm³/mol. The lowest BCUT2D eigenvalue weighted by molar-refractivity contribution is -0.137. The minimum absolute atomic E-state index is 0.0533. The number of β-amino-alcohol motifs (C(OH)–C–C–N with tert-alkyl or cyclic N) is 1. The molecule has 0 bridgehead atoms. The Kier molecular flexibility index (Phi) is 5.71. The van der Waals surface area contributed by atoms with Gasteiger partial charge < -0.3 is 15.3 Å². The average molecular weight is 437 g/mol. The Hall–Kier alpha value is -2.92. The molecule has 11 heteroatoms.